The summed E-state index contributed by atoms with van der Waals surface area (Å²) in [6.45, 7) is 8.36. The van der Waals surface area contributed by atoms with Gasteiger partial charge < -0.3 is 11.1 Å². The summed E-state index contributed by atoms with van der Waals surface area (Å²) in [7, 11) is 0. The molecule has 3 nitrogen and oxygen atoms in total. The fourth-order valence-corrected chi connectivity index (χ4v) is 2.04. The van der Waals surface area contributed by atoms with E-state index in [4.69, 9.17) is 5.73 Å². The Balaban J connectivity index is 2.55. The molecule has 0 heterocycles. The molecular formula is C15H24N2O. The average molecular weight is 248 g/mol. The van der Waals surface area contributed by atoms with Gasteiger partial charge in [0.1, 0.15) is 0 Å². The predicted molar refractivity (Wildman–Crippen MR) is 75.5 cm³/mol. The first-order chi connectivity index (χ1) is 8.58. The van der Waals surface area contributed by atoms with E-state index < -0.39 is 0 Å². The van der Waals surface area contributed by atoms with Crippen LogP contribution in [0.3, 0.4) is 0 Å². The lowest BCUT2D eigenvalue weighted by molar-refractivity contribution is 0.1000. The van der Waals surface area contributed by atoms with Crippen LogP contribution in [-0.4, -0.2) is 12.5 Å². The molecule has 18 heavy (non-hydrogen) atoms. The third kappa shape index (κ3) is 4.15. The van der Waals surface area contributed by atoms with Gasteiger partial charge in [-0.1, -0.05) is 32.8 Å². The number of carbonyl (C=O) groups is 1. The van der Waals surface area contributed by atoms with E-state index >= 15 is 0 Å². The fourth-order valence-electron chi connectivity index (χ4n) is 2.04. The smallest absolute Gasteiger partial charge is 0.248 e. The summed E-state index contributed by atoms with van der Waals surface area (Å²) >= 11 is 0. The van der Waals surface area contributed by atoms with E-state index in [1.54, 1.807) is 6.07 Å². The van der Waals surface area contributed by atoms with Crippen LogP contribution in [0, 0.1) is 12.8 Å². The van der Waals surface area contributed by atoms with Crippen molar-refractivity contribution in [3.8, 4) is 0 Å². The van der Waals surface area contributed by atoms with Crippen LogP contribution in [0.2, 0.25) is 0 Å². The Kier molecular flexibility index (Phi) is 5.86. The van der Waals surface area contributed by atoms with E-state index in [2.05, 4.69) is 19.2 Å². The van der Waals surface area contributed by atoms with Gasteiger partial charge in [-0.05, 0) is 42.6 Å². The maximum Gasteiger partial charge on any atom is 0.248 e. The van der Waals surface area contributed by atoms with Gasteiger partial charge in [0.2, 0.25) is 5.91 Å². The third-order valence-electron chi connectivity index (χ3n) is 3.53. The van der Waals surface area contributed by atoms with Gasteiger partial charge in [0, 0.05) is 12.1 Å². The van der Waals surface area contributed by atoms with Crippen molar-refractivity contribution in [2.24, 2.45) is 11.7 Å². The zero-order chi connectivity index (χ0) is 13.5. The number of nitrogens with two attached hydrogens (primary N) is 1. The van der Waals surface area contributed by atoms with E-state index in [9.17, 15) is 4.79 Å². The van der Waals surface area contributed by atoms with Gasteiger partial charge in [0.25, 0.3) is 0 Å². The molecule has 0 radical (unpaired) electrons. The molecule has 0 saturated carbocycles. The number of benzene rings is 1. The van der Waals surface area contributed by atoms with Crippen LogP contribution >= 0.6 is 0 Å². The summed E-state index contributed by atoms with van der Waals surface area (Å²) in [5, 5.41) is 3.48. The Bertz CT molecular complexity index is 397. The number of aryl methyl sites for hydroxylation is 1. The van der Waals surface area contributed by atoms with E-state index in [1.165, 1.54) is 18.4 Å². The first kappa shape index (κ1) is 14.7. The molecule has 3 heteroatoms. The monoisotopic (exact) mass is 248 g/mol. The Morgan fingerprint density at radius 2 is 2.00 bits per heavy atom. The zero-order valence-electron chi connectivity index (χ0n) is 11.6. The van der Waals surface area contributed by atoms with Gasteiger partial charge >= 0.3 is 0 Å². The molecule has 0 aromatic heterocycles. The van der Waals surface area contributed by atoms with Crippen molar-refractivity contribution in [1.29, 1.82) is 0 Å². The first-order valence-corrected chi connectivity index (χ1v) is 6.68. The molecule has 1 rings (SSSR count). The molecular weight excluding hydrogens is 224 g/mol. The van der Waals surface area contributed by atoms with E-state index in [1.807, 2.05) is 19.1 Å². The van der Waals surface area contributed by atoms with Crippen molar-refractivity contribution in [3.05, 3.63) is 34.9 Å². The highest BCUT2D eigenvalue weighted by atomic mass is 16.1. The second-order valence-corrected chi connectivity index (χ2v) is 4.82. The molecule has 1 amide bonds. The molecule has 0 spiro atoms. The van der Waals surface area contributed by atoms with Crippen LogP contribution in [0.15, 0.2) is 18.2 Å². The fraction of sp³-hybridized carbons (Fsp3) is 0.533. The summed E-state index contributed by atoms with van der Waals surface area (Å²) in [5.74, 6) is 0.379. The van der Waals surface area contributed by atoms with Crippen LogP contribution in [0.1, 0.15) is 48.2 Å². The molecule has 0 aliphatic rings. The number of nitrogens with one attached hydrogen (secondary N) is 1. The van der Waals surface area contributed by atoms with Crippen molar-refractivity contribution in [2.45, 2.75) is 40.2 Å². The average Bonchev–Trinajstić information content (AvgIpc) is 2.36. The van der Waals surface area contributed by atoms with Crippen molar-refractivity contribution in [2.75, 3.05) is 6.54 Å². The van der Waals surface area contributed by atoms with Crippen LogP contribution in [-0.2, 0) is 6.54 Å². The molecule has 0 aliphatic carbocycles. The number of carbonyl (C=O) groups excluding carboxylic acids is 1. The lowest BCUT2D eigenvalue weighted by atomic mass is 10.0. The second kappa shape index (κ2) is 7.17. The van der Waals surface area contributed by atoms with Crippen molar-refractivity contribution >= 4 is 5.91 Å². The Hall–Kier alpha value is -1.35. The van der Waals surface area contributed by atoms with E-state index in [0.29, 0.717) is 5.56 Å². The second-order valence-electron chi connectivity index (χ2n) is 4.82. The van der Waals surface area contributed by atoms with Crippen molar-refractivity contribution in [3.63, 3.8) is 0 Å². The van der Waals surface area contributed by atoms with Crippen LogP contribution < -0.4 is 11.1 Å². The number of hydrogen-bond donors (Lipinski definition) is 2. The Morgan fingerprint density at radius 1 is 1.33 bits per heavy atom. The molecule has 0 aliphatic heterocycles. The van der Waals surface area contributed by atoms with Crippen LogP contribution in [0.5, 0.6) is 0 Å². The number of rotatable bonds is 7. The minimum atomic E-state index is -0.366. The highest BCUT2D eigenvalue weighted by Gasteiger charge is 2.06. The largest absolute Gasteiger partial charge is 0.366 e. The number of primary amides is 1. The topological polar surface area (TPSA) is 55.1 Å². The van der Waals surface area contributed by atoms with Crippen LogP contribution in [0.25, 0.3) is 0 Å². The zero-order valence-corrected chi connectivity index (χ0v) is 11.6. The quantitative estimate of drug-likeness (QED) is 0.779. The molecule has 100 valence electrons. The maximum atomic E-state index is 11.1. The molecule has 0 unspecified atom stereocenters. The predicted octanol–water partition coefficient (Wildman–Crippen LogP) is 2.62. The van der Waals surface area contributed by atoms with Gasteiger partial charge in [-0.25, -0.2) is 0 Å². The number of hydrogen-bond acceptors (Lipinski definition) is 2. The Morgan fingerprint density at radius 3 is 2.50 bits per heavy atom. The lowest BCUT2D eigenvalue weighted by Gasteiger charge is -2.14. The summed E-state index contributed by atoms with van der Waals surface area (Å²) < 4.78 is 0. The summed E-state index contributed by atoms with van der Waals surface area (Å²) in [6.07, 6.45) is 2.42. The molecule has 0 saturated heterocycles. The minimum absolute atomic E-state index is 0.366. The SMILES string of the molecule is CCC(CC)CNCc1ccc(C(N)=O)cc1C. The highest BCUT2D eigenvalue weighted by Crippen LogP contribution is 2.11. The molecule has 3 N–H and O–H groups in total. The van der Waals surface area contributed by atoms with Gasteiger partial charge in [0.15, 0.2) is 0 Å². The molecule has 0 atom stereocenters. The summed E-state index contributed by atoms with van der Waals surface area (Å²) in [6, 6.07) is 5.63. The normalized spacial score (nSPS) is 10.9. The van der Waals surface area contributed by atoms with Crippen molar-refractivity contribution < 1.29 is 4.79 Å². The highest BCUT2D eigenvalue weighted by molar-refractivity contribution is 5.93. The number of amides is 1. The molecule has 1 aromatic rings. The third-order valence-corrected chi connectivity index (χ3v) is 3.53. The van der Waals surface area contributed by atoms with Crippen molar-refractivity contribution in [1.82, 2.24) is 5.32 Å². The van der Waals surface area contributed by atoms with E-state index in [0.717, 1.165) is 24.6 Å². The lowest BCUT2D eigenvalue weighted by Crippen LogP contribution is -2.22. The standard InChI is InChI=1S/C15H24N2O/c1-4-12(5-2)9-17-10-14-7-6-13(15(16)18)8-11(14)3/h6-8,12,17H,4-5,9-10H2,1-3H3,(H2,16,18). The maximum absolute atomic E-state index is 11.1. The van der Waals surface area contributed by atoms with Gasteiger partial charge in [0.05, 0.1) is 0 Å². The molecule has 1 aromatic carbocycles. The summed E-state index contributed by atoms with van der Waals surface area (Å²) in [4.78, 5) is 11.1. The molecule has 0 fully saturated rings. The van der Waals surface area contributed by atoms with E-state index in [-0.39, 0.29) is 5.91 Å². The molecule has 0 bridgehead atoms. The van der Waals surface area contributed by atoms with Gasteiger partial charge in [-0.2, -0.15) is 0 Å². The minimum Gasteiger partial charge on any atom is -0.366 e. The van der Waals surface area contributed by atoms with Crippen LogP contribution in [0.4, 0.5) is 0 Å². The van der Waals surface area contributed by atoms with Gasteiger partial charge in [-0.3, -0.25) is 4.79 Å². The Labute approximate surface area is 110 Å². The first-order valence-electron chi connectivity index (χ1n) is 6.68. The van der Waals surface area contributed by atoms with Gasteiger partial charge in [-0.15, -0.1) is 0 Å². The summed E-state index contributed by atoms with van der Waals surface area (Å²) in [5.41, 5.74) is 8.18.